The maximum absolute atomic E-state index is 12.3. The summed E-state index contributed by atoms with van der Waals surface area (Å²) in [7, 11) is 3.12. The molecule has 0 aliphatic carbocycles. The molecule has 0 fully saturated rings. The molecule has 0 unspecified atom stereocenters. The average Bonchev–Trinajstić information content (AvgIpc) is 3.34. The van der Waals surface area contributed by atoms with Crippen LogP contribution in [0.5, 0.6) is 11.6 Å². The van der Waals surface area contributed by atoms with E-state index in [2.05, 4.69) is 15.5 Å². The molecule has 154 valence electrons. The molecule has 0 aliphatic rings. The van der Waals surface area contributed by atoms with E-state index in [1.807, 2.05) is 25.1 Å². The van der Waals surface area contributed by atoms with Crippen LogP contribution in [0.25, 0.3) is 11.4 Å². The second-order valence-corrected chi connectivity index (χ2v) is 7.01. The molecule has 0 radical (unpaired) electrons. The highest BCUT2D eigenvalue weighted by Gasteiger charge is 2.14. The highest BCUT2D eigenvalue weighted by Crippen LogP contribution is 2.27. The Morgan fingerprint density at radius 3 is 2.67 bits per heavy atom. The molecule has 10 heteroatoms. The third kappa shape index (κ3) is 3.67. The van der Waals surface area contributed by atoms with E-state index in [0.29, 0.717) is 22.3 Å². The third-order valence-electron chi connectivity index (χ3n) is 4.65. The highest BCUT2D eigenvalue weighted by molar-refractivity contribution is 6.30. The number of methoxy groups -OCH3 is 1. The smallest absolute Gasteiger partial charge is 0.368 e. The first-order valence-electron chi connectivity index (χ1n) is 9.08. The Bertz CT molecular complexity index is 1260. The van der Waals surface area contributed by atoms with E-state index in [4.69, 9.17) is 21.1 Å². The van der Waals surface area contributed by atoms with Gasteiger partial charge < -0.3 is 9.47 Å². The molecule has 0 aliphatic heterocycles. The standard InChI is InChI=1S/C20H19ClN6O3/c1-13-5-4-6-16(27-20(28)25(2)23-24-27)15(13)12-30-19-9-10-26(22-19)17-8-7-14(21)11-18(17)29-3/h4-11H,12H2,1-3H3. The summed E-state index contributed by atoms with van der Waals surface area (Å²) in [5.74, 6) is 1.02. The van der Waals surface area contributed by atoms with Gasteiger partial charge in [0.05, 0.1) is 12.8 Å². The van der Waals surface area contributed by atoms with Gasteiger partial charge in [0.1, 0.15) is 18.0 Å². The Hall–Kier alpha value is -3.59. The number of nitrogens with zero attached hydrogens (tertiary/aromatic N) is 6. The molecule has 0 saturated carbocycles. The predicted molar refractivity (Wildman–Crippen MR) is 111 cm³/mol. The summed E-state index contributed by atoms with van der Waals surface area (Å²) in [5, 5.41) is 12.7. The summed E-state index contributed by atoms with van der Waals surface area (Å²) in [6, 6.07) is 12.7. The topological polar surface area (TPSA) is 89.0 Å². The lowest BCUT2D eigenvalue weighted by atomic mass is 10.1. The van der Waals surface area contributed by atoms with Crippen LogP contribution in [0.15, 0.2) is 53.5 Å². The van der Waals surface area contributed by atoms with Gasteiger partial charge in [0, 0.05) is 36.0 Å². The minimum absolute atomic E-state index is 0.208. The summed E-state index contributed by atoms with van der Waals surface area (Å²) >= 11 is 6.03. The van der Waals surface area contributed by atoms with Crippen molar-refractivity contribution < 1.29 is 9.47 Å². The number of hydrogen-bond donors (Lipinski definition) is 0. The molecule has 4 rings (SSSR count). The molecule has 30 heavy (non-hydrogen) atoms. The molecule has 0 spiro atoms. The van der Waals surface area contributed by atoms with E-state index in [0.717, 1.165) is 16.8 Å². The first kappa shape index (κ1) is 19.7. The van der Waals surface area contributed by atoms with Crippen molar-refractivity contribution in [2.24, 2.45) is 7.05 Å². The largest absolute Gasteiger partial charge is 0.494 e. The van der Waals surface area contributed by atoms with Gasteiger partial charge in [-0.1, -0.05) is 23.7 Å². The van der Waals surface area contributed by atoms with Crippen LogP contribution in [-0.4, -0.2) is 36.7 Å². The van der Waals surface area contributed by atoms with Crippen LogP contribution in [0.3, 0.4) is 0 Å². The fraction of sp³-hybridized carbons (Fsp3) is 0.200. The van der Waals surface area contributed by atoms with E-state index in [-0.39, 0.29) is 12.3 Å². The molecule has 2 aromatic heterocycles. The van der Waals surface area contributed by atoms with E-state index in [1.54, 1.807) is 49.3 Å². The second kappa shape index (κ2) is 8.03. The third-order valence-corrected chi connectivity index (χ3v) is 4.89. The molecular weight excluding hydrogens is 408 g/mol. The Morgan fingerprint density at radius 2 is 1.93 bits per heavy atom. The lowest BCUT2D eigenvalue weighted by Gasteiger charge is -2.12. The van der Waals surface area contributed by atoms with Crippen molar-refractivity contribution in [3.63, 3.8) is 0 Å². The number of aryl methyl sites for hydroxylation is 2. The number of tetrazole rings is 1. The van der Waals surface area contributed by atoms with Gasteiger partial charge in [0.15, 0.2) is 0 Å². The Kier molecular flexibility index (Phi) is 5.28. The van der Waals surface area contributed by atoms with Gasteiger partial charge in [-0.2, -0.15) is 9.36 Å². The van der Waals surface area contributed by atoms with E-state index in [9.17, 15) is 4.79 Å². The van der Waals surface area contributed by atoms with Crippen LogP contribution in [-0.2, 0) is 13.7 Å². The van der Waals surface area contributed by atoms with Gasteiger partial charge in [-0.05, 0) is 41.1 Å². The minimum Gasteiger partial charge on any atom is -0.494 e. The lowest BCUT2D eigenvalue weighted by Crippen LogP contribution is -2.23. The monoisotopic (exact) mass is 426 g/mol. The van der Waals surface area contributed by atoms with Crippen molar-refractivity contribution in [2.45, 2.75) is 13.5 Å². The van der Waals surface area contributed by atoms with Crippen molar-refractivity contribution in [1.82, 2.24) is 29.6 Å². The van der Waals surface area contributed by atoms with E-state index in [1.165, 1.54) is 9.36 Å². The molecular formula is C20H19ClN6O3. The van der Waals surface area contributed by atoms with Crippen LogP contribution >= 0.6 is 11.6 Å². The van der Waals surface area contributed by atoms with Crippen molar-refractivity contribution in [1.29, 1.82) is 0 Å². The molecule has 0 amide bonds. The molecule has 0 saturated heterocycles. The Balaban J connectivity index is 1.60. The fourth-order valence-corrected chi connectivity index (χ4v) is 3.21. The summed E-state index contributed by atoms with van der Waals surface area (Å²) in [6.07, 6.45) is 1.77. The highest BCUT2D eigenvalue weighted by atomic mass is 35.5. The molecule has 2 aromatic carbocycles. The van der Waals surface area contributed by atoms with Gasteiger partial charge in [-0.15, -0.1) is 5.10 Å². The predicted octanol–water partition coefficient (Wildman–Crippen LogP) is 2.70. The van der Waals surface area contributed by atoms with Crippen molar-refractivity contribution in [3.8, 4) is 23.0 Å². The van der Waals surface area contributed by atoms with Gasteiger partial charge in [0.25, 0.3) is 0 Å². The number of hydrogen-bond acceptors (Lipinski definition) is 6. The van der Waals surface area contributed by atoms with E-state index >= 15 is 0 Å². The minimum atomic E-state index is -0.332. The summed E-state index contributed by atoms with van der Waals surface area (Å²) < 4.78 is 15.4. The Labute approximate surface area is 177 Å². The quantitative estimate of drug-likeness (QED) is 0.471. The number of halogens is 1. The van der Waals surface area contributed by atoms with Gasteiger partial charge in [-0.3, -0.25) is 0 Å². The normalized spacial score (nSPS) is 10.9. The number of ether oxygens (including phenoxy) is 2. The van der Waals surface area contributed by atoms with Gasteiger partial charge in [-0.25, -0.2) is 9.48 Å². The van der Waals surface area contributed by atoms with Crippen molar-refractivity contribution >= 4 is 11.6 Å². The maximum atomic E-state index is 12.3. The zero-order chi connectivity index (χ0) is 21.3. The molecule has 4 aromatic rings. The average molecular weight is 427 g/mol. The van der Waals surface area contributed by atoms with E-state index < -0.39 is 0 Å². The van der Waals surface area contributed by atoms with Crippen LogP contribution in [0.4, 0.5) is 0 Å². The first-order chi connectivity index (χ1) is 14.5. The molecule has 9 nitrogen and oxygen atoms in total. The van der Waals surface area contributed by atoms with Crippen molar-refractivity contribution in [2.75, 3.05) is 7.11 Å². The number of benzene rings is 2. The summed E-state index contributed by atoms with van der Waals surface area (Å²) in [6.45, 7) is 2.15. The molecule has 0 bridgehead atoms. The fourth-order valence-electron chi connectivity index (χ4n) is 3.04. The van der Waals surface area contributed by atoms with Gasteiger partial charge >= 0.3 is 5.69 Å². The van der Waals surface area contributed by atoms with Crippen LogP contribution in [0, 0.1) is 6.92 Å². The number of rotatable bonds is 6. The zero-order valence-electron chi connectivity index (χ0n) is 16.6. The SMILES string of the molecule is COc1cc(Cl)ccc1-n1ccc(OCc2c(C)cccc2-n2nnn(C)c2=O)n1. The van der Waals surface area contributed by atoms with Crippen LogP contribution < -0.4 is 15.2 Å². The molecule has 0 atom stereocenters. The number of aromatic nitrogens is 6. The zero-order valence-corrected chi connectivity index (χ0v) is 17.4. The first-order valence-corrected chi connectivity index (χ1v) is 9.46. The van der Waals surface area contributed by atoms with Crippen molar-refractivity contribution in [3.05, 3.63) is 75.3 Å². The van der Waals surface area contributed by atoms with Crippen LogP contribution in [0.1, 0.15) is 11.1 Å². The Morgan fingerprint density at radius 1 is 1.10 bits per heavy atom. The maximum Gasteiger partial charge on any atom is 0.368 e. The second-order valence-electron chi connectivity index (χ2n) is 6.57. The molecule has 0 N–H and O–H groups in total. The molecule has 2 heterocycles. The summed E-state index contributed by atoms with van der Waals surface area (Å²) in [5.41, 5.74) is 2.80. The van der Waals surface area contributed by atoms with Crippen LogP contribution in [0.2, 0.25) is 5.02 Å². The lowest BCUT2D eigenvalue weighted by molar-refractivity contribution is 0.290. The van der Waals surface area contributed by atoms with Gasteiger partial charge in [0.2, 0.25) is 5.88 Å². The summed E-state index contributed by atoms with van der Waals surface area (Å²) in [4.78, 5) is 12.3.